The van der Waals surface area contributed by atoms with Crippen LogP contribution in [0, 0.1) is 6.92 Å². The van der Waals surface area contributed by atoms with Crippen molar-refractivity contribution in [3.05, 3.63) is 70.0 Å². The summed E-state index contributed by atoms with van der Waals surface area (Å²) in [5.41, 5.74) is 2.18. The van der Waals surface area contributed by atoms with E-state index in [2.05, 4.69) is 43.6 Å². The second kappa shape index (κ2) is 9.00. The van der Waals surface area contributed by atoms with Crippen LogP contribution in [0.5, 0.6) is 5.75 Å². The molecule has 6 nitrogen and oxygen atoms in total. The smallest absolute Gasteiger partial charge is 0.230 e. The zero-order valence-electron chi connectivity index (χ0n) is 16.0. The molecule has 29 heavy (non-hydrogen) atoms. The van der Waals surface area contributed by atoms with Gasteiger partial charge in [0.2, 0.25) is 5.91 Å². The Morgan fingerprint density at radius 1 is 1.28 bits per heavy atom. The average Bonchev–Trinajstić information content (AvgIpc) is 3.07. The Kier molecular flexibility index (Phi) is 6.20. The van der Waals surface area contributed by atoms with Crippen molar-refractivity contribution >= 4 is 33.6 Å². The van der Waals surface area contributed by atoms with E-state index in [0.29, 0.717) is 13.2 Å². The van der Waals surface area contributed by atoms with Gasteiger partial charge in [0.15, 0.2) is 5.16 Å². The highest BCUT2D eigenvalue weighted by Crippen LogP contribution is 2.34. The minimum absolute atomic E-state index is 0.0280. The number of rotatable bonds is 6. The van der Waals surface area contributed by atoms with Crippen LogP contribution in [-0.2, 0) is 11.3 Å². The monoisotopic (exact) mass is 472 g/mol. The lowest BCUT2D eigenvalue weighted by atomic mass is 10.0. The van der Waals surface area contributed by atoms with E-state index in [1.165, 1.54) is 17.3 Å². The van der Waals surface area contributed by atoms with Gasteiger partial charge in [-0.05, 0) is 30.7 Å². The van der Waals surface area contributed by atoms with E-state index in [9.17, 15) is 4.79 Å². The molecule has 1 amide bonds. The number of aryl methyl sites for hydroxylation is 1. The molecule has 0 saturated heterocycles. The van der Waals surface area contributed by atoms with E-state index in [-0.39, 0.29) is 17.7 Å². The summed E-state index contributed by atoms with van der Waals surface area (Å²) in [6.45, 7) is 3.21. The maximum absolute atomic E-state index is 12.6. The first-order valence-electron chi connectivity index (χ1n) is 9.38. The molecule has 1 aliphatic heterocycles. The van der Waals surface area contributed by atoms with E-state index in [1.807, 2.05) is 47.9 Å². The first kappa shape index (κ1) is 20.0. The highest BCUT2D eigenvalue weighted by Gasteiger charge is 2.23. The van der Waals surface area contributed by atoms with Gasteiger partial charge in [-0.15, -0.1) is 10.2 Å². The van der Waals surface area contributed by atoms with Crippen LogP contribution in [0.2, 0.25) is 0 Å². The molecule has 1 unspecified atom stereocenters. The molecule has 2 heterocycles. The number of nitrogens with one attached hydrogen (secondary N) is 1. The van der Waals surface area contributed by atoms with Gasteiger partial charge in [0, 0.05) is 16.5 Å². The Bertz CT molecular complexity index is 1010. The summed E-state index contributed by atoms with van der Waals surface area (Å²) in [7, 11) is 0. The Hall–Kier alpha value is -2.32. The first-order valence-corrected chi connectivity index (χ1v) is 11.2. The van der Waals surface area contributed by atoms with E-state index in [1.54, 1.807) is 0 Å². The number of carbonyl (C=O) groups is 1. The van der Waals surface area contributed by atoms with Gasteiger partial charge < -0.3 is 14.6 Å². The SMILES string of the molecule is Cc1nnc(SCC(=O)NC2CCOc3ccc(Br)cc32)n1Cc1ccccc1. The Morgan fingerprint density at radius 2 is 2.10 bits per heavy atom. The van der Waals surface area contributed by atoms with E-state index < -0.39 is 0 Å². The summed E-state index contributed by atoms with van der Waals surface area (Å²) < 4.78 is 8.70. The zero-order valence-corrected chi connectivity index (χ0v) is 18.4. The molecule has 0 bridgehead atoms. The summed E-state index contributed by atoms with van der Waals surface area (Å²) in [6, 6.07) is 16.0. The van der Waals surface area contributed by atoms with Crippen LogP contribution in [-0.4, -0.2) is 33.0 Å². The Balaban J connectivity index is 1.40. The predicted octanol–water partition coefficient (Wildman–Crippen LogP) is 4.13. The maximum Gasteiger partial charge on any atom is 0.230 e. The van der Waals surface area contributed by atoms with Gasteiger partial charge in [-0.25, -0.2) is 0 Å². The van der Waals surface area contributed by atoms with Crippen LogP contribution in [0.4, 0.5) is 0 Å². The number of carbonyl (C=O) groups excluding carboxylic acids is 1. The summed E-state index contributed by atoms with van der Waals surface area (Å²) in [4.78, 5) is 12.6. The van der Waals surface area contributed by atoms with Gasteiger partial charge in [0.1, 0.15) is 11.6 Å². The van der Waals surface area contributed by atoms with Crippen molar-refractivity contribution in [1.29, 1.82) is 0 Å². The molecule has 3 aromatic rings. The van der Waals surface area contributed by atoms with Crippen LogP contribution in [0.1, 0.15) is 29.4 Å². The fourth-order valence-corrected chi connectivity index (χ4v) is 4.47. The van der Waals surface area contributed by atoms with Crippen LogP contribution >= 0.6 is 27.7 Å². The fraction of sp³-hybridized carbons (Fsp3) is 0.286. The summed E-state index contributed by atoms with van der Waals surface area (Å²) in [6.07, 6.45) is 0.753. The van der Waals surface area contributed by atoms with Crippen molar-refractivity contribution < 1.29 is 9.53 Å². The number of aromatic nitrogens is 3. The van der Waals surface area contributed by atoms with Gasteiger partial charge in [-0.2, -0.15) is 0 Å². The molecule has 1 N–H and O–H groups in total. The molecule has 2 aromatic carbocycles. The summed E-state index contributed by atoms with van der Waals surface area (Å²) >= 11 is 4.90. The number of benzene rings is 2. The van der Waals surface area contributed by atoms with Gasteiger partial charge in [-0.3, -0.25) is 4.79 Å². The molecule has 150 valence electrons. The van der Waals surface area contributed by atoms with Crippen LogP contribution in [0.15, 0.2) is 58.2 Å². The summed E-state index contributed by atoms with van der Waals surface area (Å²) in [5.74, 6) is 1.92. The second-order valence-electron chi connectivity index (χ2n) is 6.83. The van der Waals surface area contributed by atoms with Crippen LogP contribution in [0.25, 0.3) is 0 Å². The number of amides is 1. The average molecular weight is 473 g/mol. The molecular formula is C21H21BrN4O2S. The van der Waals surface area contributed by atoms with Gasteiger partial charge in [-0.1, -0.05) is 58.0 Å². The van der Waals surface area contributed by atoms with E-state index >= 15 is 0 Å². The Labute approximate surface area is 182 Å². The van der Waals surface area contributed by atoms with Crippen LogP contribution < -0.4 is 10.1 Å². The second-order valence-corrected chi connectivity index (χ2v) is 8.69. The minimum Gasteiger partial charge on any atom is -0.493 e. The number of halogens is 1. The standard InChI is InChI=1S/C21H21BrN4O2S/c1-14-24-25-21(26(14)12-15-5-3-2-4-6-15)29-13-20(27)23-18-9-10-28-19-8-7-16(22)11-17(18)19/h2-8,11,18H,9-10,12-13H2,1H3,(H,23,27). The number of nitrogens with zero attached hydrogens (tertiary/aromatic N) is 3. The Morgan fingerprint density at radius 3 is 2.93 bits per heavy atom. The number of thioether (sulfide) groups is 1. The quantitative estimate of drug-likeness (QED) is 0.546. The van der Waals surface area contributed by atoms with Gasteiger partial charge >= 0.3 is 0 Å². The van der Waals surface area contributed by atoms with E-state index in [4.69, 9.17) is 4.74 Å². The molecule has 1 aliphatic rings. The van der Waals surface area contributed by atoms with Crippen molar-refractivity contribution in [2.45, 2.75) is 31.1 Å². The van der Waals surface area contributed by atoms with Crippen molar-refractivity contribution in [2.24, 2.45) is 0 Å². The molecule has 8 heteroatoms. The third-order valence-corrected chi connectivity index (χ3v) is 6.22. The molecular weight excluding hydrogens is 452 g/mol. The molecule has 4 rings (SSSR count). The minimum atomic E-state index is -0.0479. The largest absolute Gasteiger partial charge is 0.493 e. The van der Waals surface area contributed by atoms with Gasteiger partial charge in [0.05, 0.1) is 24.9 Å². The van der Waals surface area contributed by atoms with E-state index in [0.717, 1.165) is 33.2 Å². The first-order chi connectivity index (χ1) is 14.1. The molecule has 0 aliphatic carbocycles. The highest BCUT2D eigenvalue weighted by molar-refractivity contribution is 9.10. The topological polar surface area (TPSA) is 69.0 Å². The van der Waals surface area contributed by atoms with Crippen molar-refractivity contribution in [2.75, 3.05) is 12.4 Å². The van der Waals surface area contributed by atoms with Gasteiger partial charge in [0.25, 0.3) is 0 Å². The highest BCUT2D eigenvalue weighted by atomic mass is 79.9. The lowest BCUT2D eigenvalue weighted by Gasteiger charge is -2.26. The van der Waals surface area contributed by atoms with Crippen molar-refractivity contribution in [3.63, 3.8) is 0 Å². The lowest BCUT2D eigenvalue weighted by Crippen LogP contribution is -2.33. The molecule has 1 atom stereocenters. The predicted molar refractivity (Wildman–Crippen MR) is 116 cm³/mol. The number of fused-ring (bicyclic) bond motifs is 1. The molecule has 0 radical (unpaired) electrons. The molecule has 1 aromatic heterocycles. The van der Waals surface area contributed by atoms with Crippen molar-refractivity contribution in [3.8, 4) is 5.75 Å². The number of ether oxygens (including phenoxy) is 1. The molecule has 0 saturated carbocycles. The summed E-state index contributed by atoms with van der Waals surface area (Å²) in [5, 5.41) is 12.3. The third kappa shape index (κ3) is 4.82. The van der Waals surface area contributed by atoms with Crippen LogP contribution in [0.3, 0.4) is 0 Å². The zero-order chi connectivity index (χ0) is 20.2. The number of hydrogen-bond donors (Lipinski definition) is 1. The van der Waals surface area contributed by atoms with Crippen molar-refractivity contribution in [1.82, 2.24) is 20.1 Å². The molecule has 0 fully saturated rings. The maximum atomic E-state index is 12.6. The normalized spacial score (nSPS) is 15.4. The lowest BCUT2D eigenvalue weighted by molar-refractivity contribution is -0.119. The molecule has 0 spiro atoms. The fourth-order valence-electron chi connectivity index (χ4n) is 3.30. The third-order valence-electron chi connectivity index (χ3n) is 4.76. The number of hydrogen-bond acceptors (Lipinski definition) is 5.